The predicted octanol–water partition coefficient (Wildman–Crippen LogP) is 3.94. The van der Waals surface area contributed by atoms with Gasteiger partial charge in [0.25, 0.3) is 0 Å². The first-order chi connectivity index (χ1) is 10.8. The summed E-state index contributed by atoms with van der Waals surface area (Å²) in [7, 11) is -2.11. The Morgan fingerprint density at radius 3 is 1.09 bits per heavy atom. The van der Waals surface area contributed by atoms with Gasteiger partial charge in [-0.05, 0) is 0 Å². The van der Waals surface area contributed by atoms with Gasteiger partial charge in [0.15, 0.2) is 0 Å². The van der Waals surface area contributed by atoms with E-state index < -0.39 is 7.26 Å². The van der Waals surface area contributed by atoms with Crippen LogP contribution in [0.4, 0.5) is 0 Å². The SMILES string of the molecule is [CH2]C(C)[PH](c1ccccc1)(c1ccccc1)c1ccccc1. The average molecular weight is 305 g/mol. The van der Waals surface area contributed by atoms with Crippen LogP contribution in [0.15, 0.2) is 91.0 Å². The van der Waals surface area contributed by atoms with Crippen LogP contribution >= 0.6 is 7.26 Å². The van der Waals surface area contributed by atoms with Gasteiger partial charge in [0, 0.05) is 0 Å². The van der Waals surface area contributed by atoms with Gasteiger partial charge in [0.1, 0.15) is 0 Å². The topological polar surface area (TPSA) is 0 Å². The Balaban J connectivity index is 2.34. The van der Waals surface area contributed by atoms with Crippen molar-refractivity contribution in [3.63, 3.8) is 0 Å². The zero-order valence-corrected chi connectivity index (χ0v) is 13.9. The van der Waals surface area contributed by atoms with E-state index in [0.717, 1.165) is 0 Å². The van der Waals surface area contributed by atoms with Crippen LogP contribution in [-0.4, -0.2) is 5.66 Å². The van der Waals surface area contributed by atoms with E-state index in [1.807, 2.05) is 0 Å². The van der Waals surface area contributed by atoms with Crippen molar-refractivity contribution >= 4 is 23.2 Å². The summed E-state index contributed by atoms with van der Waals surface area (Å²) in [6.45, 7) is 6.76. The molecule has 1 heteroatoms. The monoisotopic (exact) mass is 305 g/mol. The van der Waals surface area contributed by atoms with Gasteiger partial charge in [-0.3, -0.25) is 0 Å². The molecule has 0 amide bonds. The van der Waals surface area contributed by atoms with Gasteiger partial charge < -0.3 is 0 Å². The van der Waals surface area contributed by atoms with Crippen molar-refractivity contribution in [2.24, 2.45) is 0 Å². The molecule has 3 aromatic carbocycles. The van der Waals surface area contributed by atoms with Crippen molar-refractivity contribution in [1.82, 2.24) is 0 Å². The van der Waals surface area contributed by atoms with E-state index in [0.29, 0.717) is 5.66 Å². The molecule has 0 bridgehead atoms. The molecule has 0 N–H and O–H groups in total. The zero-order valence-electron chi connectivity index (χ0n) is 12.9. The third-order valence-electron chi connectivity index (χ3n) is 4.43. The summed E-state index contributed by atoms with van der Waals surface area (Å²) in [5.74, 6) is 0. The number of benzene rings is 3. The zero-order chi connectivity index (χ0) is 15.4. The molecule has 0 saturated carbocycles. The standard InChI is InChI=1S/C21H22P/c1-18(2)22(19-12-6-3-7-13-19,20-14-8-4-9-15-20)21-16-10-5-11-17-21/h3-18,22H,1H2,2H3. The summed E-state index contributed by atoms with van der Waals surface area (Å²) in [4.78, 5) is 0. The summed E-state index contributed by atoms with van der Waals surface area (Å²) >= 11 is 0. The molecular formula is C21H22P. The molecule has 111 valence electrons. The molecule has 1 radical (unpaired) electrons. The summed E-state index contributed by atoms with van der Waals surface area (Å²) in [5, 5.41) is 4.28. The van der Waals surface area contributed by atoms with Crippen LogP contribution < -0.4 is 15.9 Å². The fourth-order valence-corrected chi connectivity index (χ4v) is 8.32. The Bertz CT molecular complexity index is 606. The van der Waals surface area contributed by atoms with E-state index in [2.05, 4.69) is 105 Å². The van der Waals surface area contributed by atoms with Crippen LogP contribution in [0.3, 0.4) is 0 Å². The molecule has 0 aliphatic heterocycles. The van der Waals surface area contributed by atoms with Crippen LogP contribution in [-0.2, 0) is 0 Å². The Labute approximate surface area is 134 Å². The summed E-state index contributed by atoms with van der Waals surface area (Å²) in [6.07, 6.45) is 0. The van der Waals surface area contributed by atoms with Crippen LogP contribution in [0.25, 0.3) is 0 Å². The molecule has 0 spiro atoms. The minimum atomic E-state index is -2.11. The fraction of sp³-hybridized carbons (Fsp3) is 0.0952. The first-order valence-electron chi connectivity index (χ1n) is 7.76. The second-order valence-corrected chi connectivity index (χ2v) is 10.1. The fourth-order valence-electron chi connectivity index (χ4n) is 3.46. The first-order valence-corrected chi connectivity index (χ1v) is 9.83. The molecule has 0 saturated heterocycles. The predicted molar refractivity (Wildman–Crippen MR) is 101 cm³/mol. The molecule has 0 aliphatic carbocycles. The Kier molecular flexibility index (Phi) is 4.41. The minimum absolute atomic E-state index is 0.333. The van der Waals surface area contributed by atoms with Crippen molar-refractivity contribution < 1.29 is 0 Å². The maximum atomic E-state index is 4.50. The van der Waals surface area contributed by atoms with E-state index in [4.69, 9.17) is 0 Å². The van der Waals surface area contributed by atoms with Crippen LogP contribution in [0.5, 0.6) is 0 Å². The molecule has 1 atom stereocenters. The van der Waals surface area contributed by atoms with Crippen molar-refractivity contribution in [2.45, 2.75) is 12.6 Å². The molecule has 0 heterocycles. The van der Waals surface area contributed by atoms with Gasteiger partial charge in [-0.2, -0.15) is 0 Å². The van der Waals surface area contributed by atoms with E-state index in [-0.39, 0.29) is 0 Å². The molecular weight excluding hydrogens is 283 g/mol. The Hall–Kier alpha value is -1.91. The van der Waals surface area contributed by atoms with Gasteiger partial charge in [-0.25, -0.2) is 0 Å². The van der Waals surface area contributed by atoms with Crippen molar-refractivity contribution in [1.29, 1.82) is 0 Å². The molecule has 0 nitrogen and oxygen atoms in total. The number of hydrogen-bond donors (Lipinski definition) is 0. The molecule has 1 unspecified atom stereocenters. The molecule has 0 fully saturated rings. The van der Waals surface area contributed by atoms with Crippen LogP contribution in [0.2, 0.25) is 0 Å². The van der Waals surface area contributed by atoms with Crippen molar-refractivity contribution in [3.05, 3.63) is 97.9 Å². The van der Waals surface area contributed by atoms with Gasteiger partial charge in [-0.1, -0.05) is 0 Å². The molecule has 3 rings (SSSR count). The van der Waals surface area contributed by atoms with E-state index in [9.17, 15) is 0 Å². The molecule has 3 aromatic rings. The van der Waals surface area contributed by atoms with E-state index in [1.54, 1.807) is 0 Å². The molecule has 22 heavy (non-hydrogen) atoms. The number of hydrogen-bond acceptors (Lipinski definition) is 0. The van der Waals surface area contributed by atoms with Gasteiger partial charge >= 0.3 is 134 Å². The summed E-state index contributed by atoms with van der Waals surface area (Å²) in [5.41, 5.74) is 0.333. The van der Waals surface area contributed by atoms with Crippen molar-refractivity contribution in [2.75, 3.05) is 0 Å². The van der Waals surface area contributed by atoms with Crippen molar-refractivity contribution in [3.8, 4) is 0 Å². The maximum absolute atomic E-state index is 4.50. The van der Waals surface area contributed by atoms with Gasteiger partial charge in [0.2, 0.25) is 0 Å². The molecule has 0 aromatic heterocycles. The quantitative estimate of drug-likeness (QED) is 0.641. The first kappa shape index (κ1) is 15.0. The van der Waals surface area contributed by atoms with E-state index >= 15 is 0 Å². The summed E-state index contributed by atoms with van der Waals surface area (Å²) < 4.78 is 0. The second-order valence-electron chi connectivity index (χ2n) is 5.81. The Morgan fingerprint density at radius 2 is 0.864 bits per heavy atom. The average Bonchev–Trinajstić information content (AvgIpc) is 2.58. The normalized spacial score (nSPS) is 12.3. The summed E-state index contributed by atoms with van der Waals surface area (Å²) in [6, 6.07) is 32.8. The Morgan fingerprint density at radius 1 is 0.591 bits per heavy atom. The van der Waals surface area contributed by atoms with Gasteiger partial charge in [0.05, 0.1) is 0 Å². The van der Waals surface area contributed by atoms with Crippen LogP contribution in [0, 0.1) is 6.92 Å². The van der Waals surface area contributed by atoms with Crippen LogP contribution in [0.1, 0.15) is 6.92 Å². The second kappa shape index (κ2) is 6.46. The number of rotatable bonds is 4. The van der Waals surface area contributed by atoms with E-state index in [1.165, 1.54) is 15.9 Å². The third-order valence-corrected chi connectivity index (χ3v) is 9.64. The molecule has 0 aliphatic rings. The third kappa shape index (κ3) is 2.49. The van der Waals surface area contributed by atoms with Gasteiger partial charge in [-0.15, -0.1) is 0 Å².